The molecule has 1 N–H and O–H groups in total. The van der Waals surface area contributed by atoms with E-state index in [0.29, 0.717) is 5.56 Å². The van der Waals surface area contributed by atoms with Crippen molar-refractivity contribution in [2.24, 2.45) is 5.16 Å². The molecule has 6 heteroatoms. The Hall–Kier alpha value is -1.62. The highest BCUT2D eigenvalue weighted by atomic mass is 35.5. The highest BCUT2D eigenvalue weighted by Gasteiger charge is 2.01. The van der Waals surface area contributed by atoms with E-state index < -0.39 is 4.92 Å². The van der Waals surface area contributed by atoms with Crippen LogP contribution in [0.15, 0.2) is 29.4 Å². The molecule has 0 saturated carbocycles. The summed E-state index contributed by atoms with van der Waals surface area (Å²) < 4.78 is 0. The van der Waals surface area contributed by atoms with Crippen molar-refractivity contribution in [2.75, 3.05) is 0 Å². The summed E-state index contributed by atoms with van der Waals surface area (Å²) in [6.07, 6.45) is 1.20. The summed E-state index contributed by atoms with van der Waals surface area (Å²) in [6, 6.07) is 5.68. The highest BCUT2D eigenvalue weighted by molar-refractivity contribution is 5.85. The molecular formula is C7H7ClN2O3. The molecule has 0 heterocycles. The first-order chi connectivity index (χ1) is 5.74. The van der Waals surface area contributed by atoms with E-state index in [4.69, 9.17) is 5.21 Å². The highest BCUT2D eigenvalue weighted by Crippen LogP contribution is 2.10. The van der Waals surface area contributed by atoms with E-state index in [9.17, 15) is 10.1 Å². The summed E-state index contributed by atoms with van der Waals surface area (Å²) in [5, 5.41) is 21.1. The molecule has 0 aliphatic rings. The molecule has 0 unspecified atom stereocenters. The SMILES string of the molecule is Cl.O=[N+]([O-])c1ccc(C=NO)cc1. The third-order valence-corrected chi connectivity index (χ3v) is 1.31. The Morgan fingerprint density at radius 1 is 1.38 bits per heavy atom. The molecule has 0 bridgehead atoms. The van der Waals surface area contributed by atoms with Gasteiger partial charge < -0.3 is 5.21 Å². The lowest BCUT2D eigenvalue weighted by Crippen LogP contribution is -1.88. The van der Waals surface area contributed by atoms with Crippen LogP contribution in [0.25, 0.3) is 0 Å². The largest absolute Gasteiger partial charge is 0.411 e. The third kappa shape index (κ3) is 3.08. The molecule has 0 aliphatic heterocycles. The molecule has 0 aliphatic carbocycles. The van der Waals surface area contributed by atoms with Crippen LogP contribution in [-0.4, -0.2) is 16.3 Å². The van der Waals surface area contributed by atoms with Gasteiger partial charge in [0.2, 0.25) is 0 Å². The van der Waals surface area contributed by atoms with E-state index in [2.05, 4.69) is 5.16 Å². The summed E-state index contributed by atoms with van der Waals surface area (Å²) >= 11 is 0. The fourth-order valence-electron chi connectivity index (χ4n) is 0.749. The van der Waals surface area contributed by atoms with Gasteiger partial charge in [-0.25, -0.2) is 0 Å². The summed E-state index contributed by atoms with van der Waals surface area (Å²) in [4.78, 5) is 9.71. The second-order valence-electron chi connectivity index (χ2n) is 2.09. The number of oxime groups is 1. The molecule has 0 amide bonds. The second kappa shape index (κ2) is 5.10. The van der Waals surface area contributed by atoms with Gasteiger partial charge in [0.15, 0.2) is 0 Å². The van der Waals surface area contributed by atoms with Gasteiger partial charge in [-0.2, -0.15) is 0 Å². The zero-order valence-electron chi connectivity index (χ0n) is 6.45. The summed E-state index contributed by atoms with van der Waals surface area (Å²) in [5.74, 6) is 0. The van der Waals surface area contributed by atoms with Gasteiger partial charge >= 0.3 is 0 Å². The van der Waals surface area contributed by atoms with Crippen molar-refractivity contribution in [1.82, 2.24) is 0 Å². The smallest absolute Gasteiger partial charge is 0.269 e. The lowest BCUT2D eigenvalue weighted by Gasteiger charge is -1.90. The molecule has 13 heavy (non-hydrogen) atoms. The first-order valence-corrected chi connectivity index (χ1v) is 3.16. The van der Waals surface area contributed by atoms with Crippen molar-refractivity contribution in [1.29, 1.82) is 0 Å². The van der Waals surface area contributed by atoms with Crippen molar-refractivity contribution in [3.63, 3.8) is 0 Å². The molecule has 0 fully saturated rings. The lowest BCUT2D eigenvalue weighted by atomic mass is 10.2. The van der Waals surface area contributed by atoms with Crippen LogP contribution < -0.4 is 0 Å². The normalized spacial score (nSPS) is 9.54. The van der Waals surface area contributed by atoms with Gasteiger partial charge in [-0.1, -0.05) is 5.16 Å². The molecule has 0 spiro atoms. The van der Waals surface area contributed by atoms with Gasteiger partial charge in [-0.05, 0) is 17.7 Å². The van der Waals surface area contributed by atoms with Gasteiger partial charge in [-0.3, -0.25) is 10.1 Å². The average Bonchev–Trinajstić information content (AvgIpc) is 2.06. The van der Waals surface area contributed by atoms with E-state index in [1.165, 1.54) is 30.5 Å². The van der Waals surface area contributed by atoms with Gasteiger partial charge in [-0.15, -0.1) is 12.4 Å². The Balaban J connectivity index is 0.00000144. The number of nitrogens with zero attached hydrogens (tertiary/aromatic N) is 2. The Labute approximate surface area is 80.2 Å². The van der Waals surface area contributed by atoms with E-state index in [-0.39, 0.29) is 18.1 Å². The molecule has 70 valence electrons. The number of nitro groups is 1. The molecular weight excluding hydrogens is 196 g/mol. The van der Waals surface area contributed by atoms with Gasteiger partial charge in [0.1, 0.15) is 0 Å². The quantitative estimate of drug-likeness (QED) is 0.344. The number of non-ortho nitro benzene ring substituents is 1. The number of benzene rings is 1. The molecule has 5 nitrogen and oxygen atoms in total. The number of rotatable bonds is 2. The zero-order valence-corrected chi connectivity index (χ0v) is 7.27. The van der Waals surface area contributed by atoms with E-state index in [1.807, 2.05) is 0 Å². The van der Waals surface area contributed by atoms with Crippen LogP contribution >= 0.6 is 12.4 Å². The minimum Gasteiger partial charge on any atom is -0.411 e. The maximum absolute atomic E-state index is 10.2. The predicted octanol–water partition coefficient (Wildman–Crippen LogP) is 1.82. The van der Waals surface area contributed by atoms with Gasteiger partial charge in [0, 0.05) is 12.1 Å². The van der Waals surface area contributed by atoms with E-state index in [0.717, 1.165) is 0 Å². The van der Waals surface area contributed by atoms with E-state index in [1.54, 1.807) is 0 Å². The predicted molar refractivity (Wildman–Crippen MR) is 49.7 cm³/mol. The zero-order chi connectivity index (χ0) is 8.97. The summed E-state index contributed by atoms with van der Waals surface area (Å²) in [7, 11) is 0. The fraction of sp³-hybridized carbons (Fsp3) is 0. The van der Waals surface area contributed by atoms with Crippen LogP contribution in [0.2, 0.25) is 0 Å². The maximum atomic E-state index is 10.2. The Morgan fingerprint density at radius 2 is 1.92 bits per heavy atom. The van der Waals surface area contributed by atoms with Crippen molar-refractivity contribution >= 4 is 24.3 Å². The molecule has 1 aromatic rings. The summed E-state index contributed by atoms with van der Waals surface area (Å²) in [6.45, 7) is 0. The van der Waals surface area contributed by atoms with Gasteiger partial charge in [0.05, 0.1) is 11.1 Å². The topological polar surface area (TPSA) is 75.7 Å². The number of halogens is 1. The van der Waals surface area contributed by atoms with Crippen molar-refractivity contribution in [2.45, 2.75) is 0 Å². The molecule has 0 aromatic heterocycles. The standard InChI is InChI=1S/C7H6N2O3.ClH/c10-8-5-6-1-3-7(4-2-6)9(11)12;/h1-5,10H;1H. The van der Waals surface area contributed by atoms with Crippen LogP contribution in [0.1, 0.15) is 5.56 Å². The number of hydrogen-bond donors (Lipinski definition) is 1. The first-order valence-electron chi connectivity index (χ1n) is 3.16. The third-order valence-electron chi connectivity index (χ3n) is 1.31. The van der Waals surface area contributed by atoms with Crippen molar-refractivity contribution in [3.8, 4) is 0 Å². The second-order valence-corrected chi connectivity index (χ2v) is 2.09. The monoisotopic (exact) mass is 202 g/mol. The van der Waals surface area contributed by atoms with Crippen LogP contribution in [-0.2, 0) is 0 Å². The lowest BCUT2D eigenvalue weighted by molar-refractivity contribution is -0.384. The van der Waals surface area contributed by atoms with Crippen LogP contribution in [0.4, 0.5) is 5.69 Å². The molecule has 0 atom stereocenters. The molecule has 0 saturated heterocycles. The number of hydrogen-bond acceptors (Lipinski definition) is 4. The van der Waals surface area contributed by atoms with Crippen molar-refractivity contribution < 1.29 is 10.1 Å². The minimum absolute atomic E-state index is 0. The average molecular weight is 203 g/mol. The first kappa shape index (κ1) is 11.4. The minimum atomic E-state index is -0.486. The van der Waals surface area contributed by atoms with Crippen LogP contribution in [0, 0.1) is 10.1 Å². The van der Waals surface area contributed by atoms with E-state index >= 15 is 0 Å². The van der Waals surface area contributed by atoms with Crippen molar-refractivity contribution in [3.05, 3.63) is 39.9 Å². The number of nitro benzene ring substituents is 1. The Kier molecular flexibility index (Phi) is 4.47. The fourth-order valence-corrected chi connectivity index (χ4v) is 0.749. The van der Waals surface area contributed by atoms with Gasteiger partial charge in [0.25, 0.3) is 5.69 Å². The Bertz CT molecular complexity index is 310. The molecule has 1 aromatic carbocycles. The van der Waals surface area contributed by atoms with Crippen LogP contribution in [0.3, 0.4) is 0 Å². The Morgan fingerprint density at radius 3 is 2.31 bits per heavy atom. The maximum Gasteiger partial charge on any atom is 0.269 e. The molecule has 1 rings (SSSR count). The molecule has 0 radical (unpaired) electrons. The van der Waals surface area contributed by atoms with Crippen LogP contribution in [0.5, 0.6) is 0 Å². The summed E-state index contributed by atoms with van der Waals surface area (Å²) in [5.41, 5.74) is 0.633.